The first-order valence-corrected chi connectivity index (χ1v) is 12.6. The van der Waals surface area contributed by atoms with Gasteiger partial charge >= 0.3 is 5.97 Å². The van der Waals surface area contributed by atoms with Gasteiger partial charge in [0, 0.05) is 16.8 Å². The summed E-state index contributed by atoms with van der Waals surface area (Å²) in [5.41, 5.74) is 2.69. The summed E-state index contributed by atoms with van der Waals surface area (Å²) in [5.74, 6) is 0.668. The van der Waals surface area contributed by atoms with Crippen molar-refractivity contribution in [2.45, 2.75) is 40.3 Å². The Bertz CT molecular complexity index is 1060. The van der Waals surface area contributed by atoms with E-state index >= 15 is 0 Å². The Labute approximate surface area is 214 Å². The van der Waals surface area contributed by atoms with Crippen molar-refractivity contribution >= 4 is 45.7 Å². The molecular weight excluding hydrogens is 512 g/mol. The first kappa shape index (κ1) is 27.3. The summed E-state index contributed by atoms with van der Waals surface area (Å²) in [6, 6.07) is 19.6. The van der Waals surface area contributed by atoms with Crippen LogP contribution in [0.3, 0.4) is 0 Å². The van der Waals surface area contributed by atoms with Crippen LogP contribution in [0.2, 0.25) is 0 Å². The number of aliphatic carboxylic acids is 1. The van der Waals surface area contributed by atoms with Crippen LogP contribution in [-0.4, -0.2) is 22.8 Å². The van der Waals surface area contributed by atoms with E-state index in [1.807, 2.05) is 66.0 Å². The van der Waals surface area contributed by atoms with E-state index in [-0.39, 0.29) is 6.42 Å². The summed E-state index contributed by atoms with van der Waals surface area (Å²) in [6.07, 6.45) is 1.56. The quantitative estimate of drug-likeness (QED) is 0.210. The average molecular weight is 544 g/mol. The summed E-state index contributed by atoms with van der Waals surface area (Å²) in [6.45, 7) is 11.0. The molecule has 180 valence electrons. The van der Waals surface area contributed by atoms with Crippen LogP contribution < -0.4 is 4.74 Å². The van der Waals surface area contributed by atoms with E-state index < -0.39 is 5.97 Å². The predicted octanol–water partition coefficient (Wildman–Crippen LogP) is 7.69. The van der Waals surface area contributed by atoms with Crippen LogP contribution in [0.4, 0.5) is 0 Å². The van der Waals surface area contributed by atoms with Crippen LogP contribution in [0.25, 0.3) is 5.70 Å². The molecule has 5 nitrogen and oxygen atoms in total. The lowest BCUT2D eigenvalue weighted by atomic mass is 10.1. The fraction of sp³-hybridized carbons (Fsp3) is 0.259. The molecule has 0 unspecified atom stereocenters. The molecule has 0 aliphatic heterocycles. The third kappa shape index (κ3) is 9.53. The lowest BCUT2D eigenvalue weighted by Gasteiger charge is -2.23. The summed E-state index contributed by atoms with van der Waals surface area (Å²) < 4.78 is 6.99. The van der Waals surface area contributed by atoms with E-state index in [0.29, 0.717) is 18.8 Å². The summed E-state index contributed by atoms with van der Waals surface area (Å²) >= 11 is 5.04. The second-order valence-electron chi connectivity index (χ2n) is 8.12. The highest BCUT2D eigenvalue weighted by atomic mass is 79.9. The van der Waals surface area contributed by atoms with Gasteiger partial charge in [0.25, 0.3) is 0 Å². The number of halogens is 1. The van der Waals surface area contributed by atoms with Crippen LogP contribution in [0.15, 0.2) is 81.7 Å². The molecule has 2 aromatic carbocycles. The zero-order valence-electron chi connectivity index (χ0n) is 19.8. The molecule has 0 atom stereocenters. The molecule has 0 spiro atoms. The Hall–Kier alpha value is -2.90. The molecule has 0 saturated heterocycles. The maximum atomic E-state index is 11.1. The molecule has 0 aliphatic carbocycles. The van der Waals surface area contributed by atoms with Crippen molar-refractivity contribution in [2.75, 3.05) is 0 Å². The topological polar surface area (TPSA) is 62.1 Å². The normalized spacial score (nSPS) is 10.9. The van der Waals surface area contributed by atoms with Gasteiger partial charge in [-0.2, -0.15) is 5.10 Å². The molecule has 0 bridgehead atoms. The first-order valence-electron chi connectivity index (χ1n) is 10.9. The highest BCUT2D eigenvalue weighted by Gasteiger charge is 2.16. The maximum Gasteiger partial charge on any atom is 0.307 e. The number of hydrazone groups is 1. The number of thiophene rings is 1. The summed E-state index contributed by atoms with van der Waals surface area (Å²) in [5, 5.41) is 16.9. The Morgan fingerprint density at radius 2 is 1.88 bits per heavy atom. The van der Waals surface area contributed by atoms with Crippen LogP contribution >= 0.6 is 27.3 Å². The average Bonchev–Trinajstić information content (AvgIpc) is 3.32. The van der Waals surface area contributed by atoms with Crippen molar-refractivity contribution in [2.24, 2.45) is 11.0 Å². The Morgan fingerprint density at radius 3 is 2.47 bits per heavy atom. The van der Waals surface area contributed by atoms with E-state index in [9.17, 15) is 4.79 Å². The minimum atomic E-state index is -0.901. The van der Waals surface area contributed by atoms with Crippen LogP contribution in [-0.2, 0) is 17.9 Å². The number of hydrogen-bond acceptors (Lipinski definition) is 5. The molecule has 3 aromatic rings. The minimum Gasteiger partial charge on any atom is -0.489 e. The zero-order chi connectivity index (χ0) is 24.9. The van der Waals surface area contributed by atoms with Crippen molar-refractivity contribution in [3.63, 3.8) is 0 Å². The van der Waals surface area contributed by atoms with Crippen molar-refractivity contribution in [3.05, 3.63) is 92.6 Å². The van der Waals surface area contributed by atoms with Gasteiger partial charge in [0.15, 0.2) is 0 Å². The number of nitrogens with zero attached hydrogens (tertiary/aromatic N) is 2. The summed E-state index contributed by atoms with van der Waals surface area (Å²) in [7, 11) is 0. The van der Waals surface area contributed by atoms with Crippen LogP contribution in [0.5, 0.6) is 5.75 Å². The van der Waals surface area contributed by atoms with Gasteiger partial charge in [-0.25, -0.2) is 0 Å². The molecule has 1 aromatic heterocycles. The number of hydrogen-bond donors (Lipinski definition) is 1. The third-order valence-electron chi connectivity index (χ3n) is 4.27. The molecule has 0 fully saturated rings. The maximum absolute atomic E-state index is 11.1. The standard InChI is InChI=1S/C23H21BrN2O3S.C4H10/c1-25-26(20(10-12-23(27)28)22-8-5-13-30-22)15-18-14-19(24)9-11-21(18)29-16-17-6-3-2-4-7-17;1-4(2)3/h2-11,13-14H,1,12,15-16H2,(H,27,28);4H,1-3H3/b20-10-;. The van der Waals surface area contributed by atoms with Gasteiger partial charge in [-0.3, -0.25) is 9.80 Å². The Balaban J connectivity index is 0.000000945. The van der Waals surface area contributed by atoms with E-state index in [2.05, 4.69) is 48.5 Å². The molecule has 0 saturated carbocycles. The second kappa shape index (κ2) is 14.4. The Morgan fingerprint density at radius 1 is 1.18 bits per heavy atom. The van der Waals surface area contributed by atoms with E-state index in [1.165, 1.54) is 11.3 Å². The first-order chi connectivity index (χ1) is 16.3. The highest BCUT2D eigenvalue weighted by Crippen LogP contribution is 2.31. The molecule has 0 radical (unpaired) electrons. The number of carboxylic acids is 1. The molecule has 7 heteroatoms. The van der Waals surface area contributed by atoms with Gasteiger partial charge in [-0.15, -0.1) is 11.3 Å². The van der Waals surface area contributed by atoms with Gasteiger partial charge in [0.2, 0.25) is 0 Å². The van der Waals surface area contributed by atoms with Gasteiger partial charge in [0.05, 0.1) is 23.5 Å². The van der Waals surface area contributed by atoms with E-state index in [4.69, 9.17) is 9.84 Å². The van der Waals surface area contributed by atoms with E-state index in [0.717, 1.165) is 32.1 Å². The number of rotatable bonds is 10. The second-order valence-corrected chi connectivity index (χ2v) is 9.99. The van der Waals surface area contributed by atoms with E-state index in [1.54, 1.807) is 11.1 Å². The van der Waals surface area contributed by atoms with Gasteiger partial charge in [-0.1, -0.05) is 73.1 Å². The molecule has 3 rings (SSSR count). The van der Waals surface area contributed by atoms with Gasteiger partial charge in [-0.05, 0) is 47.2 Å². The number of benzene rings is 2. The lowest BCUT2D eigenvalue weighted by Crippen LogP contribution is -2.16. The fourth-order valence-electron chi connectivity index (χ4n) is 2.86. The van der Waals surface area contributed by atoms with Crippen LogP contribution in [0, 0.1) is 5.92 Å². The predicted molar refractivity (Wildman–Crippen MR) is 145 cm³/mol. The third-order valence-corrected chi connectivity index (χ3v) is 5.66. The van der Waals surface area contributed by atoms with Crippen molar-refractivity contribution in [1.82, 2.24) is 5.01 Å². The molecule has 34 heavy (non-hydrogen) atoms. The number of carboxylic acid groups (broad SMARTS) is 1. The van der Waals surface area contributed by atoms with Gasteiger partial charge < -0.3 is 9.84 Å². The molecule has 0 amide bonds. The van der Waals surface area contributed by atoms with Crippen LogP contribution in [0.1, 0.15) is 43.2 Å². The summed E-state index contributed by atoms with van der Waals surface area (Å²) in [4.78, 5) is 12.1. The van der Waals surface area contributed by atoms with Gasteiger partial charge in [0.1, 0.15) is 12.4 Å². The van der Waals surface area contributed by atoms with Crippen molar-refractivity contribution in [3.8, 4) is 5.75 Å². The molecular formula is C27H31BrN2O3S. The SMILES string of the molecule is C=NN(Cc1cc(Br)ccc1OCc1ccccc1)/C(=C\CC(=O)O)c1cccs1.CC(C)C. The highest BCUT2D eigenvalue weighted by molar-refractivity contribution is 9.10. The largest absolute Gasteiger partial charge is 0.489 e. The number of carbonyl (C=O) groups is 1. The lowest BCUT2D eigenvalue weighted by molar-refractivity contribution is -0.136. The molecule has 1 heterocycles. The molecule has 0 aliphatic rings. The zero-order valence-corrected chi connectivity index (χ0v) is 22.2. The minimum absolute atomic E-state index is 0.102. The van der Waals surface area contributed by atoms with Crippen molar-refractivity contribution in [1.29, 1.82) is 0 Å². The molecule has 1 N–H and O–H groups in total. The smallest absolute Gasteiger partial charge is 0.307 e. The Kier molecular flexibility index (Phi) is 11.6. The number of ether oxygens (including phenoxy) is 1. The monoisotopic (exact) mass is 542 g/mol. The fourth-order valence-corrected chi connectivity index (χ4v) is 4.04. The van der Waals surface area contributed by atoms with Crippen molar-refractivity contribution < 1.29 is 14.6 Å².